The Balaban J connectivity index is 3.40. The summed E-state index contributed by atoms with van der Waals surface area (Å²) >= 11 is 0. The quantitative estimate of drug-likeness (QED) is 0.634. The lowest BCUT2D eigenvalue weighted by molar-refractivity contribution is 0.501. The molecular formula is C9H8BF3N-. The van der Waals surface area contributed by atoms with Gasteiger partial charge in [-0.15, -0.1) is 5.46 Å². The first kappa shape index (κ1) is 10.6. The molecule has 1 aromatic rings. The number of hydrogen-bond acceptors (Lipinski definition) is 1. The average molecular weight is 198 g/mol. The largest absolute Gasteiger partial charge is 0.509 e. The van der Waals surface area contributed by atoms with Gasteiger partial charge in [0.15, 0.2) is 0 Å². The van der Waals surface area contributed by atoms with E-state index in [0.29, 0.717) is 11.1 Å². The molecule has 0 aliphatic rings. The third-order valence-corrected chi connectivity index (χ3v) is 2.19. The smallest absolute Gasteiger partial charge is 0.445 e. The number of rotatable bonds is 1. The second-order valence-electron chi connectivity index (χ2n) is 3.20. The van der Waals surface area contributed by atoms with Gasteiger partial charge in [0.05, 0.1) is 11.6 Å². The molecule has 1 rings (SSSR count). The van der Waals surface area contributed by atoms with Crippen molar-refractivity contribution in [2.24, 2.45) is 0 Å². The van der Waals surface area contributed by atoms with Crippen molar-refractivity contribution in [3.05, 3.63) is 28.8 Å². The molecule has 0 amide bonds. The van der Waals surface area contributed by atoms with Crippen LogP contribution in [0.1, 0.15) is 16.7 Å². The average Bonchev–Trinajstić information content (AvgIpc) is 2.07. The number of hydrogen-bond donors (Lipinski definition) is 0. The van der Waals surface area contributed by atoms with E-state index in [1.54, 1.807) is 19.9 Å². The minimum absolute atomic E-state index is 0.0965. The summed E-state index contributed by atoms with van der Waals surface area (Å²) in [4.78, 5) is 0. The maximum Gasteiger partial charge on any atom is 0.509 e. The Labute approximate surface area is 80.2 Å². The van der Waals surface area contributed by atoms with Crippen LogP contribution < -0.4 is 5.46 Å². The third-order valence-electron chi connectivity index (χ3n) is 2.19. The van der Waals surface area contributed by atoms with Gasteiger partial charge in [-0.05, 0) is 25.0 Å². The zero-order valence-corrected chi connectivity index (χ0v) is 7.81. The van der Waals surface area contributed by atoms with E-state index in [1.807, 2.05) is 0 Å². The van der Waals surface area contributed by atoms with Gasteiger partial charge in [-0.1, -0.05) is 12.1 Å². The second kappa shape index (κ2) is 3.37. The van der Waals surface area contributed by atoms with Crippen LogP contribution in [0.15, 0.2) is 12.1 Å². The fourth-order valence-electron chi connectivity index (χ4n) is 1.19. The van der Waals surface area contributed by atoms with Crippen molar-refractivity contribution < 1.29 is 12.9 Å². The zero-order valence-electron chi connectivity index (χ0n) is 7.81. The predicted octanol–water partition coefficient (Wildman–Crippen LogP) is 2.23. The molecule has 0 bridgehead atoms. The van der Waals surface area contributed by atoms with E-state index in [0.717, 1.165) is 12.1 Å². The summed E-state index contributed by atoms with van der Waals surface area (Å²) < 4.78 is 37.1. The second-order valence-corrected chi connectivity index (χ2v) is 3.20. The van der Waals surface area contributed by atoms with Crippen LogP contribution in [-0.2, 0) is 0 Å². The van der Waals surface area contributed by atoms with E-state index in [9.17, 15) is 12.9 Å². The van der Waals surface area contributed by atoms with Gasteiger partial charge in [-0.2, -0.15) is 5.26 Å². The number of aryl methyl sites for hydroxylation is 1. The van der Waals surface area contributed by atoms with E-state index < -0.39 is 12.4 Å². The molecule has 0 saturated heterocycles. The van der Waals surface area contributed by atoms with E-state index in [-0.39, 0.29) is 5.56 Å². The van der Waals surface area contributed by atoms with E-state index >= 15 is 0 Å². The first-order valence-electron chi connectivity index (χ1n) is 4.07. The van der Waals surface area contributed by atoms with E-state index in [2.05, 4.69) is 0 Å². The molecule has 0 saturated carbocycles. The molecule has 0 fully saturated rings. The summed E-state index contributed by atoms with van der Waals surface area (Å²) in [5, 5.41) is 8.62. The van der Waals surface area contributed by atoms with Gasteiger partial charge in [0.25, 0.3) is 0 Å². The lowest BCUT2D eigenvalue weighted by Crippen LogP contribution is -2.34. The topological polar surface area (TPSA) is 23.8 Å². The predicted molar refractivity (Wildman–Crippen MR) is 49.3 cm³/mol. The Bertz CT molecular complexity index is 404. The molecule has 0 aliphatic heterocycles. The summed E-state index contributed by atoms with van der Waals surface area (Å²) in [6.45, 7) is -1.80. The molecule has 1 aromatic carbocycles. The van der Waals surface area contributed by atoms with Crippen LogP contribution in [-0.4, -0.2) is 6.98 Å². The Kier molecular flexibility index (Phi) is 2.56. The van der Waals surface area contributed by atoms with Gasteiger partial charge in [-0.3, -0.25) is 0 Å². The first-order chi connectivity index (χ1) is 6.36. The lowest BCUT2D eigenvalue weighted by atomic mass is 9.77. The summed E-state index contributed by atoms with van der Waals surface area (Å²) in [5.74, 6) is 0. The van der Waals surface area contributed by atoms with Crippen molar-refractivity contribution in [2.75, 3.05) is 0 Å². The standard InChI is InChI=1S/C9H8BF3N/c1-6-3-9(10(11,12)13)4-8(5-14)7(6)2/h3-4H,1-2H3/q-1. The summed E-state index contributed by atoms with van der Waals surface area (Å²) in [5.41, 5.74) is 0.499. The normalized spacial score (nSPS) is 11.1. The summed E-state index contributed by atoms with van der Waals surface area (Å²) in [7, 11) is 0. The van der Waals surface area contributed by atoms with Crippen LogP contribution in [0.4, 0.5) is 12.9 Å². The summed E-state index contributed by atoms with van der Waals surface area (Å²) in [6.07, 6.45) is 0. The summed E-state index contributed by atoms with van der Waals surface area (Å²) in [6, 6.07) is 3.74. The lowest BCUT2D eigenvalue weighted by Gasteiger charge is -2.17. The number of nitriles is 1. The van der Waals surface area contributed by atoms with Crippen LogP contribution in [0, 0.1) is 25.2 Å². The number of halogens is 3. The molecular weight excluding hydrogens is 190 g/mol. The van der Waals surface area contributed by atoms with Crippen LogP contribution in [0.2, 0.25) is 0 Å². The van der Waals surface area contributed by atoms with Gasteiger partial charge in [0, 0.05) is 0 Å². The van der Waals surface area contributed by atoms with Crippen molar-refractivity contribution in [2.45, 2.75) is 13.8 Å². The zero-order chi connectivity index (χ0) is 10.9. The van der Waals surface area contributed by atoms with Gasteiger partial charge >= 0.3 is 6.98 Å². The molecule has 14 heavy (non-hydrogen) atoms. The highest BCUT2D eigenvalue weighted by molar-refractivity contribution is 6.73. The minimum Gasteiger partial charge on any atom is -0.445 e. The molecule has 0 aliphatic carbocycles. The molecule has 0 spiro atoms. The highest BCUT2D eigenvalue weighted by Gasteiger charge is 2.26. The van der Waals surface area contributed by atoms with Crippen LogP contribution in [0.25, 0.3) is 0 Å². The fraction of sp³-hybridized carbons (Fsp3) is 0.222. The van der Waals surface area contributed by atoms with Crippen LogP contribution in [0.5, 0.6) is 0 Å². The van der Waals surface area contributed by atoms with Gasteiger partial charge in [-0.25, -0.2) is 0 Å². The molecule has 0 heterocycles. The molecule has 5 heteroatoms. The maximum absolute atomic E-state index is 12.4. The molecule has 1 nitrogen and oxygen atoms in total. The Morgan fingerprint density at radius 1 is 1.21 bits per heavy atom. The fourth-order valence-corrected chi connectivity index (χ4v) is 1.19. The first-order valence-corrected chi connectivity index (χ1v) is 4.07. The monoisotopic (exact) mass is 198 g/mol. The van der Waals surface area contributed by atoms with Crippen LogP contribution in [0.3, 0.4) is 0 Å². The molecule has 74 valence electrons. The van der Waals surface area contributed by atoms with Gasteiger partial charge < -0.3 is 12.9 Å². The van der Waals surface area contributed by atoms with Crippen molar-refractivity contribution in [3.63, 3.8) is 0 Å². The number of nitrogens with zero attached hydrogens (tertiary/aromatic N) is 1. The Morgan fingerprint density at radius 3 is 2.21 bits per heavy atom. The highest BCUT2D eigenvalue weighted by atomic mass is 19.4. The Morgan fingerprint density at radius 2 is 1.79 bits per heavy atom. The molecule has 0 aromatic heterocycles. The molecule has 0 N–H and O–H groups in total. The Hall–Kier alpha value is -1.44. The molecule has 0 unspecified atom stereocenters. The number of benzene rings is 1. The third kappa shape index (κ3) is 1.90. The van der Waals surface area contributed by atoms with E-state index in [4.69, 9.17) is 5.26 Å². The minimum atomic E-state index is -5.02. The van der Waals surface area contributed by atoms with Crippen molar-refractivity contribution in [1.82, 2.24) is 0 Å². The highest BCUT2D eigenvalue weighted by Crippen LogP contribution is 2.15. The SMILES string of the molecule is Cc1cc([B-](F)(F)F)cc(C#N)c1C. The molecule has 0 radical (unpaired) electrons. The maximum atomic E-state index is 12.4. The van der Waals surface area contributed by atoms with Gasteiger partial charge in [0.2, 0.25) is 0 Å². The molecule has 0 atom stereocenters. The van der Waals surface area contributed by atoms with E-state index in [1.165, 1.54) is 0 Å². The van der Waals surface area contributed by atoms with Crippen molar-refractivity contribution >= 4 is 12.4 Å². The van der Waals surface area contributed by atoms with Gasteiger partial charge in [0.1, 0.15) is 0 Å². The van der Waals surface area contributed by atoms with Crippen molar-refractivity contribution in [1.29, 1.82) is 5.26 Å². The van der Waals surface area contributed by atoms with Crippen molar-refractivity contribution in [3.8, 4) is 6.07 Å². The van der Waals surface area contributed by atoms with Crippen LogP contribution >= 0.6 is 0 Å².